The molecule has 2 rings (SSSR count). The molecule has 7 heteroatoms. The van der Waals surface area contributed by atoms with Crippen molar-refractivity contribution in [3.8, 4) is 5.75 Å². The molecule has 2 aromatic rings. The molecule has 0 radical (unpaired) electrons. The third-order valence-corrected chi connectivity index (χ3v) is 2.79. The molecule has 0 unspecified atom stereocenters. The highest BCUT2D eigenvalue weighted by Crippen LogP contribution is 2.28. The van der Waals surface area contributed by atoms with Crippen LogP contribution in [-0.4, -0.2) is 0 Å². The van der Waals surface area contributed by atoms with E-state index >= 15 is 0 Å². The molecule has 0 aliphatic heterocycles. The standard InChI is InChI=1S/C13H8ClF4NO/c14-7-2-1-6(10(19)3-7)5-20-13-11(17)8(15)4-9(16)12(13)18/h1-4H,5,19H2. The second-order valence-electron chi connectivity index (χ2n) is 3.93. The summed E-state index contributed by atoms with van der Waals surface area (Å²) in [5.74, 6) is -7.41. The molecule has 0 aromatic heterocycles. The normalized spacial score (nSPS) is 10.7. The second kappa shape index (κ2) is 5.58. The van der Waals surface area contributed by atoms with Crippen molar-refractivity contribution in [3.05, 3.63) is 58.1 Å². The first-order valence-electron chi connectivity index (χ1n) is 5.40. The Morgan fingerprint density at radius 1 is 1.00 bits per heavy atom. The Labute approximate surface area is 116 Å². The third-order valence-electron chi connectivity index (χ3n) is 2.55. The van der Waals surface area contributed by atoms with Crippen molar-refractivity contribution in [2.24, 2.45) is 0 Å². The third kappa shape index (κ3) is 2.80. The molecule has 0 fully saturated rings. The van der Waals surface area contributed by atoms with Crippen molar-refractivity contribution >= 4 is 17.3 Å². The quantitative estimate of drug-likeness (QED) is 0.527. The highest BCUT2D eigenvalue weighted by atomic mass is 35.5. The highest BCUT2D eigenvalue weighted by Gasteiger charge is 2.20. The number of rotatable bonds is 3. The van der Waals surface area contributed by atoms with Crippen LogP contribution in [0.25, 0.3) is 0 Å². The van der Waals surface area contributed by atoms with Crippen LogP contribution < -0.4 is 10.5 Å². The van der Waals surface area contributed by atoms with E-state index in [-0.39, 0.29) is 18.4 Å². The Morgan fingerprint density at radius 3 is 2.15 bits per heavy atom. The minimum atomic E-state index is -1.60. The zero-order valence-corrected chi connectivity index (χ0v) is 10.6. The maximum absolute atomic E-state index is 13.4. The van der Waals surface area contributed by atoms with Gasteiger partial charge in [0.05, 0.1) is 0 Å². The fraction of sp³-hybridized carbons (Fsp3) is 0.0769. The molecular formula is C13H8ClF4NO. The van der Waals surface area contributed by atoms with Gasteiger partial charge < -0.3 is 10.5 Å². The van der Waals surface area contributed by atoms with E-state index in [1.54, 1.807) is 0 Å². The van der Waals surface area contributed by atoms with Crippen molar-refractivity contribution in [2.75, 3.05) is 5.73 Å². The van der Waals surface area contributed by atoms with E-state index in [2.05, 4.69) is 0 Å². The molecular weight excluding hydrogens is 298 g/mol. The highest BCUT2D eigenvalue weighted by molar-refractivity contribution is 6.30. The molecule has 2 nitrogen and oxygen atoms in total. The zero-order valence-electron chi connectivity index (χ0n) is 9.89. The lowest BCUT2D eigenvalue weighted by atomic mass is 10.2. The summed E-state index contributed by atoms with van der Waals surface area (Å²) < 4.78 is 57.4. The van der Waals surface area contributed by atoms with Crippen molar-refractivity contribution < 1.29 is 22.3 Å². The fourth-order valence-electron chi connectivity index (χ4n) is 1.53. The lowest BCUT2D eigenvalue weighted by molar-refractivity contribution is 0.262. The van der Waals surface area contributed by atoms with Gasteiger partial charge in [-0.1, -0.05) is 17.7 Å². The second-order valence-corrected chi connectivity index (χ2v) is 4.37. The lowest BCUT2D eigenvalue weighted by Gasteiger charge is -2.11. The van der Waals surface area contributed by atoms with Gasteiger partial charge in [-0.25, -0.2) is 8.78 Å². The van der Waals surface area contributed by atoms with Gasteiger partial charge >= 0.3 is 0 Å². The molecule has 0 saturated carbocycles. The van der Waals surface area contributed by atoms with Gasteiger partial charge in [-0.2, -0.15) is 8.78 Å². The van der Waals surface area contributed by atoms with Gasteiger partial charge in [0.2, 0.25) is 11.6 Å². The Morgan fingerprint density at radius 2 is 1.60 bits per heavy atom. The molecule has 0 heterocycles. The van der Waals surface area contributed by atoms with Crippen LogP contribution in [0.5, 0.6) is 5.75 Å². The molecule has 2 N–H and O–H groups in total. The summed E-state index contributed by atoms with van der Waals surface area (Å²) in [6.07, 6.45) is 0. The number of hydrogen-bond acceptors (Lipinski definition) is 2. The smallest absolute Gasteiger partial charge is 0.203 e. The van der Waals surface area contributed by atoms with E-state index in [0.29, 0.717) is 10.6 Å². The van der Waals surface area contributed by atoms with Gasteiger partial charge in [0.25, 0.3) is 0 Å². The molecule has 0 spiro atoms. The van der Waals surface area contributed by atoms with E-state index in [0.717, 1.165) is 0 Å². The number of ether oxygens (including phenoxy) is 1. The summed E-state index contributed by atoms with van der Waals surface area (Å²) in [4.78, 5) is 0. The number of nitrogens with two attached hydrogens (primary N) is 1. The first-order valence-corrected chi connectivity index (χ1v) is 5.77. The Hall–Kier alpha value is -1.95. The molecule has 0 atom stereocenters. The maximum atomic E-state index is 13.4. The van der Waals surface area contributed by atoms with Crippen molar-refractivity contribution in [1.82, 2.24) is 0 Å². The van der Waals surface area contributed by atoms with Crippen molar-refractivity contribution in [2.45, 2.75) is 6.61 Å². The van der Waals surface area contributed by atoms with Gasteiger partial charge in [0.15, 0.2) is 17.4 Å². The molecule has 0 bridgehead atoms. The minimum absolute atomic E-state index is 0.105. The van der Waals surface area contributed by atoms with Crippen LogP contribution in [-0.2, 0) is 6.61 Å². The number of nitrogen functional groups attached to an aromatic ring is 1. The predicted molar refractivity (Wildman–Crippen MR) is 66.5 cm³/mol. The van der Waals surface area contributed by atoms with E-state index in [1.807, 2.05) is 0 Å². The van der Waals surface area contributed by atoms with Gasteiger partial charge in [0, 0.05) is 22.3 Å². The topological polar surface area (TPSA) is 35.2 Å². The average Bonchev–Trinajstić information content (AvgIpc) is 2.38. The van der Waals surface area contributed by atoms with Crippen LogP contribution in [0.2, 0.25) is 5.02 Å². The zero-order chi connectivity index (χ0) is 14.9. The minimum Gasteiger partial charge on any atom is -0.483 e. The summed E-state index contributed by atoms with van der Waals surface area (Å²) in [7, 11) is 0. The predicted octanol–water partition coefficient (Wildman–Crippen LogP) is 4.06. The van der Waals surface area contributed by atoms with E-state index in [9.17, 15) is 17.6 Å². The molecule has 0 amide bonds. The Balaban J connectivity index is 2.27. The molecule has 20 heavy (non-hydrogen) atoms. The van der Waals surface area contributed by atoms with E-state index < -0.39 is 29.0 Å². The van der Waals surface area contributed by atoms with Crippen LogP contribution in [0.15, 0.2) is 24.3 Å². The number of hydrogen-bond donors (Lipinski definition) is 1. The molecule has 0 aliphatic rings. The first-order chi connectivity index (χ1) is 9.40. The first kappa shape index (κ1) is 14.5. The Bertz CT molecular complexity index is 637. The van der Waals surface area contributed by atoms with Crippen LogP contribution in [0.3, 0.4) is 0 Å². The largest absolute Gasteiger partial charge is 0.483 e. The summed E-state index contributed by atoms with van der Waals surface area (Å²) in [5, 5.41) is 0.375. The van der Waals surface area contributed by atoms with Crippen molar-refractivity contribution in [1.29, 1.82) is 0 Å². The van der Waals surface area contributed by atoms with Crippen LogP contribution in [0, 0.1) is 23.3 Å². The maximum Gasteiger partial charge on any atom is 0.203 e. The fourth-order valence-corrected chi connectivity index (χ4v) is 1.71. The SMILES string of the molecule is Nc1cc(Cl)ccc1COc1c(F)c(F)cc(F)c1F. The van der Waals surface area contributed by atoms with Crippen molar-refractivity contribution in [3.63, 3.8) is 0 Å². The lowest BCUT2D eigenvalue weighted by Crippen LogP contribution is -2.05. The molecule has 2 aromatic carbocycles. The molecule has 0 aliphatic carbocycles. The number of anilines is 1. The Kier molecular flexibility index (Phi) is 4.04. The number of benzene rings is 2. The van der Waals surface area contributed by atoms with Gasteiger partial charge in [0.1, 0.15) is 6.61 Å². The van der Waals surface area contributed by atoms with Gasteiger partial charge in [-0.05, 0) is 12.1 Å². The number of halogens is 5. The summed E-state index contributed by atoms with van der Waals surface area (Å²) in [6, 6.07) is 4.49. The molecule has 106 valence electrons. The molecule has 0 saturated heterocycles. The van der Waals surface area contributed by atoms with Crippen LogP contribution in [0.1, 0.15) is 5.56 Å². The van der Waals surface area contributed by atoms with Gasteiger partial charge in [-0.3, -0.25) is 0 Å². The van der Waals surface area contributed by atoms with E-state index in [1.165, 1.54) is 18.2 Å². The summed E-state index contributed by atoms with van der Waals surface area (Å²) in [5.41, 5.74) is 6.23. The monoisotopic (exact) mass is 305 g/mol. The van der Waals surface area contributed by atoms with Crippen LogP contribution in [0.4, 0.5) is 23.2 Å². The summed E-state index contributed by atoms with van der Waals surface area (Å²) in [6.45, 7) is -0.361. The van der Waals surface area contributed by atoms with E-state index in [4.69, 9.17) is 22.1 Å². The summed E-state index contributed by atoms with van der Waals surface area (Å²) >= 11 is 5.69. The van der Waals surface area contributed by atoms with Gasteiger partial charge in [-0.15, -0.1) is 0 Å². The van der Waals surface area contributed by atoms with Crippen LogP contribution >= 0.6 is 11.6 Å². The average molecular weight is 306 g/mol.